The van der Waals surface area contributed by atoms with Crippen molar-refractivity contribution in [1.82, 2.24) is 25.1 Å². The van der Waals surface area contributed by atoms with Crippen molar-refractivity contribution in [2.24, 2.45) is 0 Å². The zero-order valence-electron chi connectivity index (χ0n) is 29.0. The predicted octanol–water partition coefficient (Wildman–Crippen LogP) is 5.71. The molecule has 1 aliphatic heterocycles. The lowest BCUT2D eigenvalue weighted by Crippen LogP contribution is -2.34. The lowest BCUT2D eigenvalue weighted by molar-refractivity contribution is -0.384. The molecule has 54 heavy (non-hydrogen) atoms. The number of alkyl halides is 2. The van der Waals surface area contributed by atoms with E-state index in [0.717, 1.165) is 31.8 Å². The average Bonchev–Trinajstić information content (AvgIpc) is 3.77. The van der Waals surface area contributed by atoms with Crippen molar-refractivity contribution in [2.75, 3.05) is 6.54 Å². The molecule has 1 amide bonds. The fraction of sp³-hybridized carbons (Fsp3) is 0.351. The molecule has 1 saturated heterocycles. The number of ether oxygens (including phenoxy) is 3. The summed E-state index contributed by atoms with van der Waals surface area (Å²) in [7, 11) is 0. The van der Waals surface area contributed by atoms with E-state index in [-0.39, 0.29) is 47.9 Å². The highest BCUT2D eigenvalue weighted by Gasteiger charge is 2.39. The molecule has 1 aromatic heterocycles. The molecule has 1 N–H and O–H groups in total. The van der Waals surface area contributed by atoms with Gasteiger partial charge in [-0.2, -0.15) is 8.78 Å². The lowest BCUT2D eigenvalue weighted by Gasteiger charge is -2.24. The molecule has 0 radical (unpaired) electrons. The zero-order chi connectivity index (χ0) is 38.5. The molecule has 0 bridgehead atoms. The summed E-state index contributed by atoms with van der Waals surface area (Å²) in [4.78, 5) is 49.8. The van der Waals surface area contributed by atoms with Gasteiger partial charge in [0.1, 0.15) is 17.6 Å². The maximum atomic E-state index is 14.6. The van der Waals surface area contributed by atoms with Crippen molar-refractivity contribution in [3.05, 3.63) is 118 Å². The van der Waals surface area contributed by atoms with E-state index >= 15 is 0 Å². The quantitative estimate of drug-likeness (QED) is 0.0327. The second kappa shape index (κ2) is 18.6. The molecule has 15 nitrogen and oxygen atoms in total. The number of aryl methyl sites for hydroxylation is 1. The third-order valence-corrected chi connectivity index (χ3v) is 8.53. The van der Waals surface area contributed by atoms with Gasteiger partial charge in [-0.05, 0) is 54.3 Å². The number of nitro benzene ring substituents is 1. The minimum atomic E-state index is -3.45. The number of benzene rings is 3. The van der Waals surface area contributed by atoms with Gasteiger partial charge in [-0.1, -0.05) is 67.5 Å². The van der Waals surface area contributed by atoms with Gasteiger partial charge in [0.05, 0.1) is 17.4 Å². The highest BCUT2D eigenvalue weighted by Crippen LogP contribution is 2.33. The predicted molar refractivity (Wildman–Crippen MR) is 186 cm³/mol. The highest BCUT2D eigenvalue weighted by molar-refractivity contribution is 5.79. The number of unbranched alkanes of at least 4 members (excludes halogenated alkanes) is 3. The number of rotatable bonds is 18. The van der Waals surface area contributed by atoms with Crippen LogP contribution in [0.2, 0.25) is 0 Å². The molecule has 4 aromatic rings. The molecule has 2 atom stereocenters. The number of nitro groups is 1. The third kappa shape index (κ3) is 11.2. The Morgan fingerprint density at radius 2 is 1.65 bits per heavy atom. The molecule has 0 unspecified atom stereocenters. The number of hydrogen-bond donors (Lipinski definition) is 1. The van der Waals surface area contributed by atoms with Crippen LogP contribution in [0, 0.1) is 10.1 Å². The number of non-ortho nitro benzene ring substituents is 1. The number of aliphatic hydroxyl groups is 1. The van der Waals surface area contributed by atoms with Crippen molar-refractivity contribution < 1.29 is 47.4 Å². The maximum absolute atomic E-state index is 14.6. The van der Waals surface area contributed by atoms with Crippen LogP contribution in [0.25, 0.3) is 0 Å². The SMILES string of the molecule is O=C(Cc1ccc(OC(=O)Oc2ccc([N+](=O)[O-])cc2)cc1)OCn1nnc(CCCCCCN2C(=O)CC[C@@H]2C=C[C@@H](O)C(F)(F)c2ccccc2)n1. The van der Waals surface area contributed by atoms with E-state index in [1.807, 2.05) is 0 Å². The molecular weight excluding hydrogens is 710 g/mol. The molecule has 3 aromatic carbocycles. The van der Waals surface area contributed by atoms with Crippen molar-refractivity contribution in [2.45, 2.75) is 76.2 Å². The summed E-state index contributed by atoms with van der Waals surface area (Å²) in [5, 5.41) is 33.1. The van der Waals surface area contributed by atoms with Gasteiger partial charge in [-0.25, -0.2) is 4.79 Å². The van der Waals surface area contributed by atoms with Crippen LogP contribution in [0.3, 0.4) is 0 Å². The Hall–Kier alpha value is -6.10. The summed E-state index contributed by atoms with van der Waals surface area (Å²) in [5.41, 5.74) is 0.162. The summed E-state index contributed by atoms with van der Waals surface area (Å²) < 4.78 is 44.6. The Balaban J connectivity index is 0.952. The molecule has 1 fully saturated rings. The standard InChI is InChI=1S/C37H38F2N6O9/c38-37(39,27-8-4-3-5-9-27)32(46)21-15-28-16-22-34(47)43(28)23-7-2-1-6-10-33-40-42-44(41-33)25-52-35(48)24-26-11-17-30(18-12-26)53-36(49)54-31-19-13-29(14-20-31)45(50)51/h3-5,8-9,11-15,17-21,28,32,46H,1-2,6-7,10,16,22-25H2/t28-,32+/m0/s1. The molecule has 5 rings (SSSR count). The van der Waals surface area contributed by atoms with E-state index in [4.69, 9.17) is 14.2 Å². The Morgan fingerprint density at radius 3 is 2.33 bits per heavy atom. The lowest BCUT2D eigenvalue weighted by atomic mass is 10.0. The van der Waals surface area contributed by atoms with Crippen LogP contribution < -0.4 is 9.47 Å². The van der Waals surface area contributed by atoms with Gasteiger partial charge in [0.15, 0.2) is 5.82 Å². The smallest absolute Gasteiger partial charge is 0.440 e. The van der Waals surface area contributed by atoms with E-state index in [1.165, 1.54) is 71.5 Å². The number of nitrogens with zero attached hydrogens (tertiary/aromatic N) is 6. The van der Waals surface area contributed by atoms with Crippen LogP contribution in [0.4, 0.5) is 19.3 Å². The minimum Gasteiger partial charge on any atom is -0.440 e. The number of carbonyl (C=O) groups is 3. The van der Waals surface area contributed by atoms with Gasteiger partial charge in [-0.3, -0.25) is 19.7 Å². The third-order valence-electron chi connectivity index (χ3n) is 8.53. The largest absolute Gasteiger partial charge is 0.519 e. The highest BCUT2D eigenvalue weighted by atomic mass is 19.3. The average molecular weight is 749 g/mol. The van der Waals surface area contributed by atoms with Crippen molar-refractivity contribution in [1.29, 1.82) is 0 Å². The van der Waals surface area contributed by atoms with Gasteiger partial charge in [0.2, 0.25) is 12.6 Å². The molecule has 2 heterocycles. The number of likely N-dealkylation sites (tertiary alicyclic amines) is 1. The molecule has 284 valence electrons. The van der Waals surface area contributed by atoms with E-state index in [2.05, 4.69) is 15.4 Å². The molecule has 0 spiro atoms. The summed E-state index contributed by atoms with van der Waals surface area (Å²) in [6.07, 6.45) is 3.99. The van der Waals surface area contributed by atoms with Gasteiger partial charge < -0.3 is 24.2 Å². The number of halogens is 2. The van der Waals surface area contributed by atoms with Gasteiger partial charge >= 0.3 is 18.0 Å². The number of aromatic nitrogens is 4. The molecular formula is C37H38F2N6O9. The van der Waals surface area contributed by atoms with Crippen molar-refractivity contribution >= 4 is 23.7 Å². The molecule has 0 saturated carbocycles. The topological polar surface area (TPSA) is 189 Å². The van der Waals surface area contributed by atoms with Gasteiger partial charge in [0.25, 0.3) is 5.69 Å². The van der Waals surface area contributed by atoms with Crippen LogP contribution in [-0.2, 0) is 39.8 Å². The first kappa shape index (κ1) is 39.1. The number of amides is 1. The van der Waals surface area contributed by atoms with Crippen LogP contribution in [0.5, 0.6) is 11.5 Å². The molecule has 0 aliphatic carbocycles. The summed E-state index contributed by atoms with van der Waals surface area (Å²) >= 11 is 0. The second-order valence-corrected chi connectivity index (χ2v) is 12.4. The van der Waals surface area contributed by atoms with Crippen LogP contribution in [0.15, 0.2) is 91.0 Å². The summed E-state index contributed by atoms with van der Waals surface area (Å²) in [6.45, 7) is 0.249. The molecule has 1 aliphatic rings. The van der Waals surface area contributed by atoms with Gasteiger partial charge in [0, 0.05) is 37.1 Å². The first-order valence-electron chi connectivity index (χ1n) is 17.2. The first-order valence-corrected chi connectivity index (χ1v) is 17.2. The Labute approximate surface area is 308 Å². The minimum absolute atomic E-state index is 0.0401. The number of carbonyl (C=O) groups excluding carboxylic acids is 3. The first-order chi connectivity index (χ1) is 26.0. The van der Waals surface area contributed by atoms with E-state index in [0.29, 0.717) is 37.2 Å². The van der Waals surface area contributed by atoms with E-state index in [9.17, 15) is 38.4 Å². The fourth-order valence-electron chi connectivity index (χ4n) is 5.65. The number of hydrogen-bond acceptors (Lipinski definition) is 12. The summed E-state index contributed by atoms with van der Waals surface area (Å²) in [5.74, 6) is -3.32. The van der Waals surface area contributed by atoms with Crippen molar-refractivity contribution in [3.63, 3.8) is 0 Å². The second-order valence-electron chi connectivity index (χ2n) is 12.4. The van der Waals surface area contributed by atoms with Crippen LogP contribution in [-0.4, -0.2) is 71.9 Å². The van der Waals surface area contributed by atoms with Crippen LogP contribution >= 0.6 is 0 Å². The number of esters is 1. The Kier molecular flexibility index (Phi) is 13.5. The normalized spacial score (nSPS) is 15.0. The van der Waals surface area contributed by atoms with E-state index < -0.39 is 29.1 Å². The fourth-order valence-corrected chi connectivity index (χ4v) is 5.65. The van der Waals surface area contributed by atoms with Crippen molar-refractivity contribution in [3.8, 4) is 11.5 Å². The number of tetrazole rings is 1. The Morgan fingerprint density at radius 1 is 0.981 bits per heavy atom. The van der Waals surface area contributed by atoms with E-state index in [1.54, 1.807) is 23.1 Å². The Bertz CT molecular complexity index is 1910. The number of aliphatic hydroxyl groups excluding tert-OH is 1. The van der Waals surface area contributed by atoms with Crippen LogP contribution in [0.1, 0.15) is 55.5 Å². The zero-order valence-corrected chi connectivity index (χ0v) is 29.0. The van der Waals surface area contributed by atoms with Gasteiger partial charge in [-0.15, -0.1) is 15.0 Å². The maximum Gasteiger partial charge on any atom is 0.519 e. The monoisotopic (exact) mass is 748 g/mol. The molecule has 17 heteroatoms. The summed E-state index contributed by atoms with van der Waals surface area (Å²) in [6, 6.07) is 17.8.